The lowest BCUT2D eigenvalue weighted by Gasteiger charge is -2.32. The molecular weight excluding hydrogens is 418 g/mol. The number of nitrogens with one attached hydrogen (secondary N) is 2. The average molecular weight is 446 g/mol. The van der Waals surface area contributed by atoms with Gasteiger partial charge in [0, 0.05) is 38.0 Å². The highest BCUT2D eigenvalue weighted by Crippen LogP contribution is 2.21. The van der Waals surface area contributed by atoms with Crippen molar-refractivity contribution >= 4 is 27.5 Å². The fraction of sp³-hybridized carbons (Fsp3) is 0.364. The number of hydrogen-bond donors (Lipinski definition) is 2. The van der Waals surface area contributed by atoms with E-state index in [1.54, 1.807) is 48.4 Å². The van der Waals surface area contributed by atoms with Crippen LogP contribution in [-0.4, -0.2) is 58.5 Å². The molecule has 1 aliphatic heterocycles. The minimum Gasteiger partial charge on any atom is -0.383 e. The molecule has 1 fully saturated rings. The first-order chi connectivity index (χ1) is 14.9. The molecule has 0 radical (unpaired) electrons. The smallest absolute Gasteiger partial charge is 0.261 e. The second kappa shape index (κ2) is 10.4. The molecule has 31 heavy (non-hydrogen) atoms. The summed E-state index contributed by atoms with van der Waals surface area (Å²) in [6.45, 7) is 1.76. The van der Waals surface area contributed by atoms with Crippen molar-refractivity contribution in [3.8, 4) is 0 Å². The van der Waals surface area contributed by atoms with Crippen LogP contribution in [-0.2, 0) is 19.6 Å². The van der Waals surface area contributed by atoms with E-state index in [0.717, 1.165) is 12.8 Å². The average Bonchev–Trinajstić information content (AvgIpc) is 2.79. The number of ether oxygens (including phenoxy) is 1. The highest BCUT2D eigenvalue weighted by atomic mass is 32.2. The molecule has 0 aromatic heterocycles. The Labute approximate surface area is 182 Å². The molecule has 0 bridgehead atoms. The molecule has 2 aromatic rings. The number of nitrogens with zero attached hydrogens (tertiary/aromatic N) is 1. The van der Waals surface area contributed by atoms with Crippen molar-refractivity contribution in [2.24, 2.45) is 5.92 Å². The summed E-state index contributed by atoms with van der Waals surface area (Å²) >= 11 is 0. The first kappa shape index (κ1) is 22.8. The van der Waals surface area contributed by atoms with Crippen molar-refractivity contribution in [1.29, 1.82) is 0 Å². The fourth-order valence-electron chi connectivity index (χ4n) is 3.51. The van der Waals surface area contributed by atoms with Gasteiger partial charge in [-0.3, -0.25) is 14.3 Å². The third-order valence-electron chi connectivity index (χ3n) is 5.10. The fourth-order valence-corrected chi connectivity index (χ4v) is 4.58. The Balaban J connectivity index is 1.67. The maximum Gasteiger partial charge on any atom is 0.261 e. The highest BCUT2D eigenvalue weighted by Gasteiger charge is 2.29. The molecule has 0 aliphatic carbocycles. The van der Waals surface area contributed by atoms with Crippen molar-refractivity contribution in [2.75, 3.05) is 38.1 Å². The van der Waals surface area contributed by atoms with E-state index in [4.69, 9.17) is 4.74 Å². The molecule has 8 nitrogen and oxygen atoms in total. The number of anilines is 1. The summed E-state index contributed by atoms with van der Waals surface area (Å²) in [6, 6.07) is 14.4. The van der Waals surface area contributed by atoms with Gasteiger partial charge in [0.2, 0.25) is 5.91 Å². The van der Waals surface area contributed by atoms with E-state index in [1.165, 1.54) is 18.2 Å². The summed E-state index contributed by atoms with van der Waals surface area (Å²) in [5.41, 5.74) is 0.675. The Morgan fingerprint density at radius 2 is 1.90 bits per heavy atom. The molecule has 3 rings (SSSR count). The number of amides is 2. The van der Waals surface area contributed by atoms with Gasteiger partial charge in [-0.2, -0.15) is 0 Å². The van der Waals surface area contributed by atoms with Gasteiger partial charge in [0.15, 0.2) is 0 Å². The van der Waals surface area contributed by atoms with Gasteiger partial charge in [0.05, 0.1) is 17.4 Å². The number of hydrogen-bond acceptors (Lipinski definition) is 5. The van der Waals surface area contributed by atoms with E-state index >= 15 is 0 Å². The zero-order valence-corrected chi connectivity index (χ0v) is 18.2. The predicted molar refractivity (Wildman–Crippen MR) is 117 cm³/mol. The molecule has 9 heteroatoms. The van der Waals surface area contributed by atoms with Crippen molar-refractivity contribution in [3.63, 3.8) is 0 Å². The Morgan fingerprint density at radius 3 is 2.65 bits per heavy atom. The molecule has 1 saturated heterocycles. The van der Waals surface area contributed by atoms with Crippen molar-refractivity contribution in [1.82, 2.24) is 10.2 Å². The Hall–Kier alpha value is -2.91. The molecule has 1 aliphatic rings. The first-order valence-electron chi connectivity index (χ1n) is 10.1. The third-order valence-corrected chi connectivity index (χ3v) is 6.50. The Kier molecular flexibility index (Phi) is 7.64. The van der Waals surface area contributed by atoms with E-state index < -0.39 is 10.0 Å². The van der Waals surface area contributed by atoms with Crippen molar-refractivity contribution in [3.05, 3.63) is 60.2 Å². The number of piperidine rings is 1. The number of rotatable bonds is 8. The van der Waals surface area contributed by atoms with Crippen LogP contribution < -0.4 is 10.0 Å². The maximum atomic E-state index is 13.0. The minimum atomic E-state index is -3.75. The van der Waals surface area contributed by atoms with E-state index in [-0.39, 0.29) is 22.6 Å². The Bertz CT molecular complexity index is 1010. The monoisotopic (exact) mass is 445 g/mol. The maximum absolute atomic E-state index is 13.0. The molecule has 1 heterocycles. The number of benzene rings is 2. The number of carbonyl (C=O) groups is 2. The standard InChI is InChI=1S/C22H27N3O5S/c1-30-14-12-23-21(26)18-8-6-13-25(16-18)22(27)17-7-5-9-19(15-17)24-31(28,29)20-10-3-2-4-11-20/h2-5,7,9-11,15,18,24H,6,8,12-14,16H2,1H3,(H,23,26)/t18-/m0/s1. The van der Waals surface area contributed by atoms with Crippen LogP contribution in [0.2, 0.25) is 0 Å². The van der Waals surface area contributed by atoms with Gasteiger partial charge in [0.1, 0.15) is 0 Å². The summed E-state index contributed by atoms with van der Waals surface area (Å²) in [5, 5.41) is 2.82. The zero-order valence-electron chi connectivity index (χ0n) is 17.4. The van der Waals surface area contributed by atoms with E-state index in [1.807, 2.05) is 0 Å². The minimum absolute atomic E-state index is 0.0843. The van der Waals surface area contributed by atoms with Crippen LogP contribution in [0.4, 0.5) is 5.69 Å². The molecule has 0 saturated carbocycles. The van der Waals surface area contributed by atoms with Gasteiger partial charge in [-0.15, -0.1) is 0 Å². The molecule has 0 spiro atoms. The van der Waals surface area contributed by atoms with E-state index in [0.29, 0.717) is 37.5 Å². The van der Waals surface area contributed by atoms with Crippen LogP contribution in [0.15, 0.2) is 59.5 Å². The van der Waals surface area contributed by atoms with Crippen LogP contribution in [0.1, 0.15) is 23.2 Å². The third kappa shape index (κ3) is 6.05. The molecule has 1 atom stereocenters. The van der Waals surface area contributed by atoms with Crippen molar-refractivity contribution in [2.45, 2.75) is 17.7 Å². The van der Waals surface area contributed by atoms with Crippen LogP contribution in [0.3, 0.4) is 0 Å². The lowest BCUT2D eigenvalue weighted by Crippen LogP contribution is -2.45. The number of sulfonamides is 1. The van der Waals surface area contributed by atoms with Crippen LogP contribution in [0, 0.1) is 5.92 Å². The number of methoxy groups -OCH3 is 1. The van der Waals surface area contributed by atoms with Crippen molar-refractivity contribution < 1.29 is 22.7 Å². The second-order valence-electron chi connectivity index (χ2n) is 7.37. The molecule has 2 N–H and O–H groups in total. The van der Waals surface area contributed by atoms with Gasteiger partial charge in [0.25, 0.3) is 15.9 Å². The Morgan fingerprint density at radius 1 is 1.13 bits per heavy atom. The summed E-state index contributed by atoms with van der Waals surface area (Å²) < 4.78 is 32.6. The largest absolute Gasteiger partial charge is 0.383 e. The lowest BCUT2D eigenvalue weighted by atomic mass is 9.96. The normalized spacial score (nSPS) is 16.5. The number of likely N-dealkylation sites (tertiary alicyclic amines) is 1. The van der Waals surface area contributed by atoms with Crippen LogP contribution >= 0.6 is 0 Å². The van der Waals surface area contributed by atoms with Gasteiger partial charge < -0.3 is 15.0 Å². The molecular formula is C22H27N3O5S. The van der Waals surface area contributed by atoms with E-state index in [9.17, 15) is 18.0 Å². The highest BCUT2D eigenvalue weighted by molar-refractivity contribution is 7.92. The predicted octanol–water partition coefficient (Wildman–Crippen LogP) is 2.10. The quantitative estimate of drug-likeness (QED) is 0.606. The lowest BCUT2D eigenvalue weighted by molar-refractivity contribution is -0.126. The SMILES string of the molecule is COCCNC(=O)[C@H]1CCCN(C(=O)c2cccc(NS(=O)(=O)c3ccccc3)c2)C1. The topological polar surface area (TPSA) is 105 Å². The second-order valence-corrected chi connectivity index (χ2v) is 9.06. The first-order valence-corrected chi connectivity index (χ1v) is 11.6. The summed E-state index contributed by atoms with van der Waals surface area (Å²) in [4.78, 5) is 27.1. The molecule has 2 amide bonds. The van der Waals surface area contributed by atoms with E-state index in [2.05, 4.69) is 10.0 Å². The molecule has 166 valence electrons. The molecule has 0 unspecified atom stereocenters. The van der Waals surface area contributed by atoms with Gasteiger partial charge >= 0.3 is 0 Å². The van der Waals surface area contributed by atoms with Gasteiger partial charge in [-0.1, -0.05) is 24.3 Å². The summed E-state index contributed by atoms with van der Waals surface area (Å²) in [6.07, 6.45) is 1.45. The molecule has 2 aromatic carbocycles. The summed E-state index contributed by atoms with van der Waals surface area (Å²) in [5.74, 6) is -0.580. The summed E-state index contributed by atoms with van der Waals surface area (Å²) in [7, 11) is -2.18. The zero-order chi connectivity index (χ0) is 22.3. The van der Waals surface area contributed by atoms with Crippen LogP contribution in [0.5, 0.6) is 0 Å². The van der Waals surface area contributed by atoms with Crippen LogP contribution in [0.25, 0.3) is 0 Å². The number of carbonyl (C=O) groups excluding carboxylic acids is 2. The van der Waals surface area contributed by atoms with Gasteiger partial charge in [-0.25, -0.2) is 8.42 Å². The van der Waals surface area contributed by atoms with Gasteiger partial charge in [-0.05, 0) is 43.2 Å².